The van der Waals surface area contributed by atoms with Crippen molar-refractivity contribution in [3.63, 3.8) is 0 Å². The number of para-hydroxylation sites is 1. The zero-order valence-corrected chi connectivity index (χ0v) is 12.8. The van der Waals surface area contributed by atoms with Crippen molar-refractivity contribution in [1.29, 1.82) is 0 Å². The van der Waals surface area contributed by atoms with Crippen LogP contribution in [0.3, 0.4) is 0 Å². The Balaban J connectivity index is 2.12. The second-order valence-corrected chi connectivity index (χ2v) is 4.94. The highest BCUT2D eigenvalue weighted by Gasteiger charge is 2.16. The second kappa shape index (κ2) is 7.45. The Hall–Kier alpha value is -2.56. The first kappa shape index (κ1) is 15.8. The highest BCUT2D eigenvalue weighted by Crippen LogP contribution is 2.26. The van der Waals surface area contributed by atoms with Gasteiger partial charge in [0.05, 0.1) is 13.2 Å². The first-order valence-electron chi connectivity index (χ1n) is 7.23. The number of benzene rings is 1. The van der Waals surface area contributed by atoms with Gasteiger partial charge in [-0.25, -0.2) is 0 Å². The summed E-state index contributed by atoms with van der Waals surface area (Å²) in [5.74, 6) is 0.539. The molecule has 1 atom stereocenters. The molecule has 1 N–H and O–H groups in total. The van der Waals surface area contributed by atoms with Gasteiger partial charge >= 0.3 is 0 Å². The summed E-state index contributed by atoms with van der Waals surface area (Å²) in [6, 6.07) is 12.3. The number of carbonyl (C=O) groups is 1. The molecule has 2 aromatic rings. The van der Waals surface area contributed by atoms with Crippen LogP contribution in [0.2, 0.25) is 0 Å². The van der Waals surface area contributed by atoms with Crippen LogP contribution < -0.4 is 15.6 Å². The summed E-state index contributed by atoms with van der Waals surface area (Å²) in [5.41, 5.74) is 0.740. The highest BCUT2D eigenvalue weighted by atomic mass is 16.5. The van der Waals surface area contributed by atoms with E-state index in [2.05, 4.69) is 5.32 Å². The minimum atomic E-state index is -0.203. The average Bonchev–Trinajstić information content (AvgIpc) is 2.55. The molecule has 0 radical (unpaired) electrons. The van der Waals surface area contributed by atoms with Gasteiger partial charge in [-0.15, -0.1) is 0 Å². The van der Waals surface area contributed by atoms with E-state index in [1.54, 1.807) is 25.4 Å². The predicted molar refractivity (Wildman–Crippen MR) is 84.9 cm³/mol. The van der Waals surface area contributed by atoms with E-state index in [0.717, 1.165) is 17.7 Å². The van der Waals surface area contributed by atoms with Crippen LogP contribution in [-0.2, 0) is 11.3 Å². The van der Waals surface area contributed by atoms with Crippen molar-refractivity contribution in [2.75, 3.05) is 7.11 Å². The Bertz CT molecular complexity index is 694. The molecule has 5 nitrogen and oxygen atoms in total. The molecule has 116 valence electrons. The highest BCUT2D eigenvalue weighted by molar-refractivity contribution is 5.76. The summed E-state index contributed by atoms with van der Waals surface area (Å²) in [5, 5.41) is 2.95. The molecule has 0 aliphatic carbocycles. The fourth-order valence-corrected chi connectivity index (χ4v) is 2.34. The first-order valence-corrected chi connectivity index (χ1v) is 7.23. The SMILES string of the molecule is CCC(NC(=O)Cn1ccccc1=O)c1ccccc1OC. The van der Waals surface area contributed by atoms with Crippen LogP contribution >= 0.6 is 0 Å². The lowest BCUT2D eigenvalue weighted by Crippen LogP contribution is -2.34. The van der Waals surface area contributed by atoms with E-state index in [9.17, 15) is 9.59 Å². The minimum absolute atomic E-state index is 0.00528. The van der Waals surface area contributed by atoms with Gasteiger partial charge in [0, 0.05) is 17.8 Å². The number of aromatic nitrogens is 1. The lowest BCUT2D eigenvalue weighted by atomic mass is 10.0. The molecule has 0 spiro atoms. The van der Waals surface area contributed by atoms with Crippen molar-refractivity contribution >= 4 is 5.91 Å². The summed E-state index contributed by atoms with van der Waals surface area (Å²) >= 11 is 0. The lowest BCUT2D eigenvalue weighted by Gasteiger charge is -2.20. The fraction of sp³-hybridized carbons (Fsp3) is 0.294. The van der Waals surface area contributed by atoms with E-state index in [1.807, 2.05) is 31.2 Å². The Morgan fingerprint density at radius 3 is 2.64 bits per heavy atom. The number of nitrogens with zero attached hydrogens (tertiary/aromatic N) is 1. The number of ether oxygens (including phenoxy) is 1. The second-order valence-electron chi connectivity index (χ2n) is 4.94. The maximum Gasteiger partial charge on any atom is 0.250 e. The molecule has 1 aromatic heterocycles. The summed E-state index contributed by atoms with van der Waals surface area (Å²) in [4.78, 5) is 23.8. The number of methoxy groups -OCH3 is 1. The van der Waals surface area contributed by atoms with E-state index in [-0.39, 0.29) is 24.1 Å². The smallest absolute Gasteiger partial charge is 0.250 e. The number of hydrogen-bond donors (Lipinski definition) is 1. The van der Waals surface area contributed by atoms with Crippen LogP contribution in [0.15, 0.2) is 53.5 Å². The Morgan fingerprint density at radius 2 is 1.95 bits per heavy atom. The first-order chi connectivity index (χ1) is 10.7. The van der Waals surface area contributed by atoms with E-state index in [4.69, 9.17) is 4.74 Å². The lowest BCUT2D eigenvalue weighted by molar-refractivity contribution is -0.122. The number of rotatable bonds is 6. The molecular weight excluding hydrogens is 280 g/mol. The van der Waals surface area contributed by atoms with Crippen LogP contribution in [0.5, 0.6) is 5.75 Å². The zero-order valence-electron chi connectivity index (χ0n) is 12.8. The van der Waals surface area contributed by atoms with Crippen molar-refractivity contribution in [1.82, 2.24) is 9.88 Å². The minimum Gasteiger partial charge on any atom is -0.496 e. The third-order valence-corrected chi connectivity index (χ3v) is 3.47. The summed E-state index contributed by atoms with van der Waals surface area (Å²) in [6.07, 6.45) is 2.34. The molecule has 0 bridgehead atoms. The van der Waals surface area contributed by atoms with Crippen LogP contribution in [0.25, 0.3) is 0 Å². The monoisotopic (exact) mass is 300 g/mol. The largest absolute Gasteiger partial charge is 0.496 e. The molecule has 1 amide bonds. The van der Waals surface area contributed by atoms with Gasteiger partial charge in [0.1, 0.15) is 12.3 Å². The maximum absolute atomic E-state index is 12.2. The van der Waals surface area contributed by atoms with E-state index in [0.29, 0.717) is 0 Å². The van der Waals surface area contributed by atoms with Crippen molar-refractivity contribution < 1.29 is 9.53 Å². The molecule has 0 saturated heterocycles. The Morgan fingerprint density at radius 1 is 1.23 bits per heavy atom. The molecule has 1 aromatic carbocycles. The molecule has 0 saturated carbocycles. The Labute approximate surface area is 129 Å². The zero-order chi connectivity index (χ0) is 15.9. The molecule has 22 heavy (non-hydrogen) atoms. The predicted octanol–water partition coefficient (Wildman–Crippen LogP) is 2.12. The van der Waals surface area contributed by atoms with E-state index in [1.165, 1.54) is 10.6 Å². The van der Waals surface area contributed by atoms with Gasteiger partial charge in [0.15, 0.2) is 0 Å². The average molecular weight is 300 g/mol. The number of nitrogens with one attached hydrogen (secondary N) is 1. The molecule has 1 heterocycles. The topological polar surface area (TPSA) is 60.3 Å². The standard InChI is InChI=1S/C17H20N2O3/c1-3-14(13-8-4-5-9-15(13)22-2)18-16(20)12-19-11-7-6-10-17(19)21/h4-11,14H,3,12H2,1-2H3,(H,18,20). The maximum atomic E-state index is 12.2. The summed E-state index contributed by atoms with van der Waals surface area (Å²) in [6.45, 7) is 2.00. The number of amides is 1. The van der Waals surface area contributed by atoms with Crippen LogP contribution in [-0.4, -0.2) is 17.6 Å². The summed E-state index contributed by atoms with van der Waals surface area (Å²) in [7, 11) is 1.61. The number of carbonyl (C=O) groups excluding carboxylic acids is 1. The molecule has 0 aliphatic rings. The molecule has 5 heteroatoms. The van der Waals surface area contributed by atoms with E-state index >= 15 is 0 Å². The van der Waals surface area contributed by atoms with Crippen molar-refractivity contribution in [2.24, 2.45) is 0 Å². The van der Waals surface area contributed by atoms with Gasteiger partial charge in [-0.3, -0.25) is 9.59 Å². The normalized spacial score (nSPS) is 11.7. The number of hydrogen-bond acceptors (Lipinski definition) is 3. The molecule has 1 unspecified atom stereocenters. The third kappa shape index (κ3) is 3.75. The van der Waals surface area contributed by atoms with Gasteiger partial charge in [-0.05, 0) is 18.6 Å². The number of pyridine rings is 1. The molecule has 0 fully saturated rings. The van der Waals surface area contributed by atoms with Crippen molar-refractivity contribution in [3.05, 3.63) is 64.6 Å². The van der Waals surface area contributed by atoms with Gasteiger partial charge in [-0.2, -0.15) is 0 Å². The van der Waals surface area contributed by atoms with Crippen LogP contribution in [0, 0.1) is 0 Å². The quantitative estimate of drug-likeness (QED) is 0.889. The Kier molecular flexibility index (Phi) is 5.36. The van der Waals surface area contributed by atoms with Crippen molar-refractivity contribution in [2.45, 2.75) is 25.9 Å². The fourth-order valence-electron chi connectivity index (χ4n) is 2.34. The summed E-state index contributed by atoms with van der Waals surface area (Å²) < 4.78 is 6.72. The van der Waals surface area contributed by atoms with Gasteiger partial charge in [-0.1, -0.05) is 31.2 Å². The molecule has 2 rings (SSSR count). The van der Waals surface area contributed by atoms with Gasteiger partial charge in [0.25, 0.3) is 5.56 Å². The van der Waals surface area contributed by atoms with Gasteiger partial charge in [0.2, 0.25) is 5.91 Å². The van der Waals surface area contributed by atoms with Crippen LogP contribution in [0.4, 0.5) is 0 Å². The van der Waals surface area contributed by atoms with Crippen molar-refractivity contribution in [3.8, 4) is 5.75 Å². The third-order valence-electron chi connectivity index (χ3n) is 3.47. The van der Waals surface area contributed by atoms with Crippen LogP contribution in [0.1, 0.15) is 24.9 Å². The van der Waals surface area contributed by atoms with E-state index < -0.39 is 0 Å². The molecule has 0 aliphatic heterocycles. The van der Waals surface area contributed by atoms with Gasteiger partial charge < -0.3 is 14.6 Å². The molecular formula is C17H20N2O3.